The summed E-state index contributed by atoms with van der Waals surface area (Å²) in [4.78, 5) is 42.4. The number of amides is 2. The molecule has 2 aliphatic rings. The van der Waals surface area contributed by atoms with Gasteiger partial charge in [-0.1, -0.05) is 6.07 Å². The van der Waals surface area contributed by atoms with Gasteiger partial charge in [0.2, 0.25) is 5.91 Å². The number of thioether (sulfide) groups is 2. The lowest BCUT2D eigenvalue weighted by atomic mass is 10.0. The van der Waals surface area contributed by atoms with E-state index in [0.717, 1.165) is 9.22 Å². The number of fused-ring (bicyclic) bond motifs is 1. The van der Waals surface area contributed by atoms with Crippen molar-refractivity contribution in [3.8, 4) is 0 Å². The van der Waals surface area contributed by atoms with E-state index in [1.807, 2.05) is 6.92 Å². The first-order chi connectivity index (χ1) is 14.8. The van der Waals surface area contributed by atoms with Gasteiger partial charge in [-0.3, -0.25) is 18.7 Å². The number of carbonyl (C=O) groups is 3. The van der Waals surface area contributed by atoms with Crippen LogP contribution in [0.2, 0.25) is 0 Å². The predicted molar refractivity (Wildman–Crippen MR) is 123 cm³/mol. The molecule has 3 unspecified atom stereocenters. The summed E-state index contributed by atoms with van der Waals surface area (Å²) in [6, 6.07) is 2.64. The fourth-order valence-corrected chi connectivity index (χ4v) is 8.51. The van der Waals surface area contributed by atoms with E-state index in [1.54, 1.807) is 23.7 Å². The fourth-order valence-electron chi connectivity index (χ4n) is 3.16. The van der Waals surface area contributed by atoms with Crippen molar-refractivity contribution in [3.63, 3.8) is 0 Å². The molecule has 2 aliphatic heterocycles. The molecular formula is C18H17N3O5S5. The third-order valence-electron chi connectivity index (χ3n) is 4.54. The number of thiophene rings is 1. The highest BCUT2D eigenvalue weighted by Crippen LogP contribution is 2.42. The summed E-state index contributed by atoms with van der Waals surface area (Å²) in [7, 11) is -1.47. The molecule has 0 aliphatic carbocycles. The molecule has 0 spiro atoms. The summed E-state index contributed by atoms with van der Waals surface area (Å²) in [5.74, 6) is -1.44. The van der Waals surface area contributed by atoms with Gasteiger partial charge >= 0.3 is 5.97 Å². The molecule has 2 N–H and O–H groups in total. The average Bonchev–Trinajstić information content (AvgIpc) is 3.41. The van der Waals surface area contributed by atoms with E-state index in [-0.39, 0.29) is 11.4 Å². The van der Waals surface area contributed by atoms with E-state index < -0.39 is 40.0 Å². The number of thiazole rings is 1. The Hall–Kier alpha value is -1.67. The van der Waals surface area contributed by atoms with Gasteiger partial charge in [-0.05, 0) is 23.9 Å². The summed E-state index contributed by atoms with van der Waals surface area (Å²) < 4.78 is 13.8. The number of nitrogens with one attached hydrogen (secondary N) is 1. The molecule has 0 aromatic carbocycles. The number of carboxylic acids is 1. The van der Waals surface area contributed by atoms with Crippen LogP contribution >= 0.6 is 46.2 Å². The van der Waals surface area contributed by atoms with E-state index in [1.165, 1.54) is 51.1 Å². The van der Waals surface area contributed by atoms with Crippen LogP contribution in [0.1, 0.15) is 5.01 Å². The lowest BCUT2D eigenvalue weighted by Crippen LogP contribution is -2.70. The van der Waals surface area contributed by atoms with Crippen LogP contribution in [0.4, 0.5) is 0 Å². The molecule has 1 fully saturated rings. The molecule has 2 amide bonds. The Morgan fingerprint density at radius 2 is 2.26 bits per heavy atom. The molecule has 1 saturated heterocycles. The van der Waals surface area contributed by atoms with Gasteiger partial charge in [-0.2, -0.15) is 0 Å². The smallest absolute Gasteiger partial charge is 0.352 e. The monoisotopic (exact) mass is 515 g/mol. The fraction of sp³-hybridized carbons (Fsp3) is 0.333. The van der Waals surface area contributed by atoms with Crippen LogP contribution in [0, 0.1) is 6.92 Å². The number of hydrogen-bond donors (Lipinski definition) is 2. The second-order valence-electron chi connectivity index (χ2n) is 6.62. The molecule has 31 heavy (non-hydrogen) atoms. The quantitative estimate of drug-likeness (QED) is 0.406. The summed E-state index contributed by atoms with van der Waals surface area (Å²) in [6.45, 7) is 1.90. The van der Waals surface area contributed by atoms with Crippen LogP contribution in [0.5, 0.6) is 0 Å². The van der Waals surface area contributed by atoms with Crippen LogP contribution in [0.15, 0.2) is 43.4 Å². The van der Waals surface area contributed by atoms with E-state index in [4.69, 9.17) is 0 Å². The van der Waals surface area contributed by atoms with Crippen LogP contribution in [-0.4, -0.2) is 65.7 Å². The maximum absolute atomic E-state index is 12.7. The Bertz CT molecular complexity index is 1080. The third kappa shape index (κ3) is 4.75. The van der Waals surface area contributed by atoms with Crippen molar-refractivity contribution >= 4 is 74.8 Å². The molecule has 0 radical (unpaired) electrons. The number of aromatic nitrogens is 1. The maximum Gasteiger partial charge on any atom is 0.352 e. The van der Waals surface area contributed by atoms with Crippen molar-refractivity contribution in [1.82, 2.24) is 15.2 Å². The van der Waals surface area contributed by atoms with Gasteiger partial charge in [-0.25, -0.2) is 9.78 Å². The lowest BCUT2D eigenvalue weighted by Gasteiger charge is -2.49. The standard InChI is InChI=1S/C18H17N3O5S5/c1-9-19-5-12(30-9)28-6-10-7-29-17-14(16(23)21(17)15(10)18(24)25)20-11(22)8-31(26)13-3-2-4-27-13/h2-5,14,17H,6-8H2,1H3,(H,20,22)(H,24,25). The number of aliphatic carboxylic acids is 1. The predicted octanol–water partition coefficient (Wildman–Crippen LogP) is 2.15. The van der Waals surface area contributed by atoms with Crippen molar-refractivity contribution in [2.75, 3.05) is 17.3 Å². The van der Waals surface area contributed by atoms with Gasteiger partial charge in [0.1, 0.15) is 22.9 Å². The van der Waals surface area contributed by atoms with E-state index >= 15 is 0 Å². The highest BCUT2D eigenvalue weighted by molar-refractivity contribution is 8.02. The molecule has 2 aromatic rings. The first-order valence-corrected chi connectivity index (χ1v) is 14.1. The van der Waals surface area contributed by atoms with Crippen molar-refractivity contribution in [3.05, 3.63) is 40.0 Å². The molecule has 0 saturated carbocycles. The summed E-state index contributed by atoms with van der Waals surface area (Å²) in [5, 5.41) is 14.6. The van der Waals surface area contributed by atoms with Crippen LogP contribution in [0.25, 0.3) is 0 Å². The average molecular weight is 516 g/mol. The molecule has 4 rings (SSSR count). The molecule has 4 heterocycles. The minimum atomic E-state index is -1.47. The largest absolute Gasteiger partial charge is 0.477 e. The van der Waals surface area contributed by atoms with Gasteiger partial charge < -0.3 is 10.4 Å². The summed E-state index contributed by atoms with van der Waals surface area (Å²) in [6.07, 6.45) is 1.75. The minimum Gasteiger partial charge on any atom is -0.477 e. The molecule has 13 heteroatoms. The van der Waals surface area contributed by atoms with E-state index in [9.17, 15) is 23.7 Å². The maximum atomic E-state index is 12.7. The number of hydrogen-bond acceptors (Lipinski definition) is 9. The van der Waals surface area contributed by atoms with E-state index in [0.29, 0.717) is 21.3 Å². The zero-order valence-electron chi connectivity index (χ0n) is 16.1. The Morgan fingerprint density at radius 3 is 2.90 bits per heavy atom. The van der Waals surface area contributed by atoms with Gasteiger partial charge in [0, 0.05) is 11.5 Å². The Kier molecular flexibility index (Phi) is 6.86. The first kappa shape index (κ1) is 22.5. The first-order valence-electron chi connectivity index (χ1n) is 9.01. The SMILES string of the molecule is Cc1ncc(SCC2=C(C(=O)O)N3C(=O)C(NC(=O)CS(=O)c4cccs4)C3SC2)s1. The van der Waals surface area contributed by atoms with Crippen molar-refractivity contribution in [2.24, 2.45) is 0 Å². The zero-order valence-corrected chi connectivity index (χ0v) is 20.2. The van der Waals surface area contributed by atoms with Gasteiger partial charge in [0.25, 0.3) is 5.91 Å². The third-order valence-corrected chi connectivity index (χ3v) is 10.7. The number of rotatable bonds is 8. The highest BCUT2D eigenvalue weighted by Gasteiger charge is 2.54. The van der Waals surface area contributed by atoms with Gasteiger partial charge in [0.05, 0.1) is 30.4 Å². The normalized spacial score (nSPS) is 21.5. The minimum absolute atomic E-state index is 0.00449. The van der Waals surface area contributed by atoms with Crippen LogP contribution < -0.4 is 5.32 Å². The number of β-lactam (4-membered cyclic amide) rings is 1. The topological polar surface area (TPSA) is 117 Å². The zero-order chi connectivity index (χ0) is 22.1. The van der Waals surface area contributed by atoms with Crippen LogP contribution in [0.3, 0.4) is 0 Å². The number of aryl methyl sites for hydroxylation is 1. The van der Waals surface area contributed by atoms with Crippen molar-refractivity contribution < 1.29 is 23.7 Å². The summed E-state index contributed by atoms with van der Waals surface area (Å²) >= 11 is 5.76. The van der Waals surface area contributed by atoms with Gasteiger partial charge in [-0.15, -0.1) is 46.2 Å². The lowest BCUT2D eigenvalue weighted by molar-refractivity contribution is -0.150. The van der Waals surface area contributed by atoms with Gasteiger partial charge in [0.15, 0.2) is 0 Å². The number of carboxylic acid groups (broad SMARTS) is 1. The highest BCUT2D eigenvalue weighted by atomic mass is 32.2. The molecular weight excluding hydrogens is 499 g/mol. The van der Waals surface area contributed by atoms with E-state index in [2.05, 4.69) is 10.3 Å². The number of nitrogens with zero attached hydrogens (tertiary/aromatic N) is 2. The van der Waals surface area contributed by atoms with Crippen LogP contribution in [-0.2, 0) is 25.2 Å². The second-order valence-corrected chi connectivity index (χ2v) is 12.9. The van der Waals surface area contributed by atoms with Crippen molar-refractivity contribution in [2.45, 2.75) is 26.8 Å². The second kappa shape index (κ2) is 9.45. The molecule has 3 atom stereocenters. The number of carbonyl (C=O) groups excluding carboxylic acids is 2. The Morgan fingerprint density at radius 1 is 1.45 bits per heavy atom. The van der Waals surface area contributed by atoms with Crippen molar-refractivity contribution in [1.29, 1.82) is 0 Å². The molecule has 164 valence electrons. The molecule has 8 nitrogen and oxygen atoms in total. The summed E-state index contributed by atoms with van der Waals surface area (Å²) in [5.41, 5.74) is 0.664. The Labute approximate surface area is 197 Å². The molecule has 2 aromatic heterocycles. The molecule has 0 bridgehead atoms. The Balaban J connectivity index is 1.41.